The van der Waals surface area contributed by atoms with Gasteiger partial charge in [-0.3, -0.25) is 35.4 Å². The summed E-state index contributed by atoms with van der Waals surface area (Å²) in [6.07, 6.45) is 5.53. The molecule has 0 saturated heterocycles. The SMILES string of the molecule is C#Cc1c(C)cc(C#Cc2c(C)cc(C)cc2C)cc1C.Cc1[c-]cc(Br)c[c-]1.Cc1[c-]cc(C#Cc2c(C)cc(C#Cc3c(C)cc(C)cc3C)cc2C)c[c-]1.[Y].[Y].[Y].[Y].[Y].[Y]. The van der Waals surface area contributed by atoms with E-state index in [2.05, 4.69) is 186 Å². The predicted molar refractivity (Wildman–Crippen MR) is 244 cm³/mol. The van der Waals surface area contributed by atoms with Crippen LogP contribution >= 0.6 is 15.9 Å². The van der Waals surface area contributed by atoms with E-state index in [0.717, 1.165) is 76.8 Å². The molecule has 6 rings (SSSR count). The Kier molecular flexibility index (Phi) is 36.7. The van der Waals surface area contributed by atoms with Gasteiger partial charge >= 0.3 is 0 Å². The van der Waals surface area contributed by atoms with Crippen LogP contribution in [0.1, 0.15) is 106 Å². The zero-order chi connectivity index (χ0) is 41.8. The quantitative estimate of drug-likeness (QED) is 0.105. The van der Waals surface area contributed by atoms with Crippen LogP contribution in [-0.4, -0.2) is 0 Å². The minimum atomic E-state index is 0. The van der Waals surface area contributed by atoms with Gasteiger partial charge in [0, 0.05) is 230 Å². The van der Waals surface area contributed by atoms with E-state index in [9.17, 15) is 0 Å². The molecule has 0 nitrogen and oxygen atoms in total. The molecule has 0 heterocycles. The van der Waals surface area contributed by atoms with Crippen LogP contribution in [0.5, 0.6) is 0 Å². The molecule has 6 aromatic rings. The first kappa shape index (κ1) is 67.9. The zero-order valence-electron chi connectivity index (χ0n) is 38.8. The Bertz CT molecular complexity index is 2560. The fourth-order valence-corrected chi connectivity index (χ4v) is 6.85. The summed E-state index contributed by atoms with van der Waals surface area (Å²) in [5.74, 6) is 22.6. The van der Waals surface area contributed by atoms with Crippen LogP contribution in [0.4, 0.5) is 0 Å². The molecule has 63 heavy (non-hydrogen) atoms. The largest absolute Gasteiger partial charge is 0.355 e. The average Bonchev–Trinajstić information content (AvgIpc) is 3.13. The fraction of sp³-hybridized carbons (Fsp3) is 0.214. The Hall–Kier alpha value is 0.663. The van der Waals surface area contributed by atoms with E-state index in [0.29, 0.717) is 0 Å². The van der Waals surface area contributed by atoms with E-state index in [1.807, 2.05) is 52.0 Å². The molecule has 0 saturated carbocycles. The van der Waals surface area contributed by atoms with E-state index in [4.69, 9.17) is 6.42 Å². The van der Waals surface area contributed by atoms with Gasteiger partial charge in [0.05, 0.1) is 0 Å². The van der Waals surface area contributed by atoms with Gasteiger partial charge in [-0.05, 0) is 138 Å². The third-order valence-electron chi connectivity index (χ3n) is 9.30. The van der Waals surface area contributed by atoms with Crippen LogP contribution in [0, 0.1) is 155 Å². The van der Waals surface area contributed by atoms with E-state index >= 15 is 0 Å². The number of terminal acetylenes is 1. The molecule has 302 valence electrons. The van der Waals surface area contributed by atoms with Gasteiger partial charge in [-0.2, -0.15) is 5.92 Å². The van der Waals surface area contributed by atoms with E-state index < -0.39 is 0 Å². The Morgan fingerprint density at radius 3 is 0.889 bits per heavy atom. The molecule has 7 heteroatoms. The van der Waals surface area contributed by atoms with Gasteiger partial charge in [0.25, 0.3) is 0 Å². The van der Waals surface area contributed by atoms with Gasteiger partial charge < -0.3 is 24.3 Å². The smallest absolute Gasteiger partial charge is 0.0307 e. The molecule has 6 radical (unpaired) electrons. The third-order valence-corrected chi connectivity index (χ3v) is 9.76. The Morgan fingerprint density at radius 2 is 0.603 bits per heavy atom. The first-order valence-corrected chi connectivity index (χ1v) is 19.7. The van der Waals surface area contributed by atoms with E-state index in [-0.39, 0.29) is 196 Å². The maximum Gasteiger partial charge on any atom is 0.0307 e. The first-order valence-electron chi connectivity index (χ1n) is 18.9. The molecule has 0 atom stereocenters. The van der Waals surface area contributed by atoms with Crippen LogP contribution in [-0.2, 0) is 196 Å². The Labute approximate surface area is 540 Å². The van der Waals surface area contributed by atoms with Gasteiger partial charge in [-0.15, -0.1) is 6.42 Å². The normalized spacial score (nSPS) is 8.83. The van der Waals surface area contributed by atoms with Crippen LogP contribution in [0.15, 0.2) is 77.3 Å². The van der Waals surface area contributed by atoms with Crippen molar-refractivity contribution in [3.63, 3.8) is 0 Å². The molecule has 0 fully saturated rings. The molecule has 0 aromatic heterocycles. The summed E-state index contributed by atoms with van der Waals surface area (Å²) in [5, 5.41) is 0. The molecule has 0 spiro atoms. The third kappa shape index (κ3) is 22.3. The maximum absolute atomic E-state index is 5.53. The van der Waals surface area contributed by atoms with Crippen molar-refractivity contribution in [2.75, 3.05) is 0 Å². The average molecular weight is 1340 g/mol. The number of benzene rings is 6. The topological polar surface area (TPSA) is 0 Å². The summed E-state index contributed by atoms with van der Waals surface area (Å²) in [7, 11) is 0. The second kappa shape index (κ2) is 34.0. The standard InChI is InChI=1S/C28H24.C21H20.C7H5Br.6Y/c1-19-7-9-25(10-8-19)11-13-28-23(5)17-26(18-24(28)6)12-14-27-21(3)15-20(2)16-22(27)4;1-7-20-17(5)12-19(13-18(20)6)8-9-21-15(3)10-14(2)11-16(21)4;1-6-2-4-7(8)5-3-6;;;;;;/h9-10,15-18H,1-6H3;1,10-13H,2-6H3;4-5H,1H3;;;;;;/q-2;;-2;;;;;;. The summed E-state index contributed by atoms with van der Waals surface area (Å²) in [4.78, 5) is 0. The summed E-state index contributed by atoms with van der Waals surface area (Å²) < 4.78 is 1.03. The molecule has 0 N–H and O–H groups in total. The Balaban J connectivity index is -0.000000916. The second-order valence-electron chi connectivity index (χ2n) is 14.7. The molecular formula is C56H49BrY6-4. The first-order chi connectivity index (χ1) is 27.0. The molecular weight excluding hydrogens is 1290 g/mol. The molecule has 0 amide bonds. The minimum Gasteiger partial charge on any atom is -0.355 e. The van der Waals surface area contributed by atoms with Crippen molar-refractivity contribution in [3.05, 3.63) is 207 Å². The number of hydrogen-bond donors (Lipinski definition) is 0. The zero-order valence-corrected chi connectivity index (χ0v) is 57.5. The number of aryl methyl sites for hydroxylation is 12. The molecule has 0 aliphatic carbocycles. The van der Waals surface area contributed by atoms with Crippen molar-refractivity contribution in [2.24, 2.45) is 0 Å². The van der Waals surface area contributed by atoms with Gasteiger partial charge in [-0.25, -0.2) is 26.0 Å². The van der Waals surface area contributed by atoms with E-state index in [1.54, 1.807) is 0 Å². The summed E-state index contributed by atoms with van der Waals surface area (Å²) in [6, 6.07) is 37.0. The van der Waals surface area contributed by atoms with Crippen molar-refractivity contribution in [1.82, 2.24) is 0 Å². The van der Waals surface area contributed by atoms with Crippen LogP contribution in [0.3, 0.4) is 0 Å². The summed E-state index contributed by atoms with van der Waals surface area (Å²) >= 11 is 3.28. The molecule has 6 aromatic carbocycles. The van der Waals surface area contributed by atoms with E-state index in [1.165, 1.54) is 33.4 Å². The van der Waals surface area contributed by atoms with Crippen molar-refractivity contribution >= 4 is 15.9 Å². The number of rotatable bonds is 0. The van der Waals surface area contributed by atoms with Gasteiger partial charge in [0.15, 0.2) is 0 Å². The van der Waals surface area contributed by atoms with Gasteiger partial charge in [0.1, 0.15) is 0 Å². The summed E-state index contributed by atoms with van der Waals surface area (Å²) in [5.41, 5.74) is 21.3. The maximum atomic E-state index is 5.53. The van der Waals surface area contributed by atoms with Crippen molar-refractivity contribution in [3.8, 4) is 47.9 Å². The molecule has 0 aliphatic heterocycles. The van der Waals surface area contributed by atoms with Gasteiger partial charge in [-0.1, -0.05) is 84.8 Å². The molecule has 0 aliphatic rings. The van der Waals surface area contributed by atoms with Crippen molar-refractivity contribution in [1.29, 1.82) is 0 Å². The van der Waals surface area contributed by atoms with Crippen LogP contribution in [0.25, 0.3) is 0 Å². The molecule has 0 unspecified atom stereocenters. The molecule has 0 bridgehead atoms. The number of halogens is 1. The van der Waals surface area contributed by atoms with Crippen molar-refractivity contribution in [2.45, 2.75) is 83.1 Å². The minimum absolute atomic E-state index is 0. The second-order valence-corrected chi connectivity index (χ2v) is 15.6. The number of hydrogen-bond acceptors (Lipinski definition) is 0. The monoisotopic (exact) mass is 1330 g/mol. The van der Waals surface area contributed by atoms with Gasteiger partial charge in [0.2, 0.25) is 0 Å². The Morgan fingerprint density at radius 1 is 0.349 bits per heavy atom. The predicted octanol–water partition coefficient (Wildman–Crippen LogP) is 12.9. The summed E-state index contributed by atoms with van der Waals surface area (Å²) in [6.45, 7) is 24.9. The fourth-order valence-electron chi connectivity index (χ4n) is 6.62. The van der Waals surface area contributed by atoms with Crippen molar-refractivity contribution < 1.29 is 196 Å². The van der Waals surface area contributed by atoms with Crippen LogP contribution in [0.2, 0.25) is 0 Å². The van der Waals surface area contributed by atoms with Crippen LogP contribution < -0.4 is 0 Å².